The summed E-state index contributed by atoms with van der Waals surface area (Å²) in [6.45, 7) is 4.22. The fourth-order valence-electron chi connectivity index (χ4n) is 3.44. The highest BCUT2D eigenvalue weighted by atomic mass is 79.9. The Labute approximate surface area is 195 Å². The number of carbonyl (C=O) groups is 1. The Balaban J connectivity index is 1.45. The molecule has 0 aliphatic heterocycles. The zero-order valence-electron chi connectivity index (χ0n) is 16.8. The molecule has 0 aliphatic carbocycles. The van der Waals surface area contributed by atoms with Crippen molar-refractivity contribution in [2.45, 2.75) is 18.9 Å². The molecule has 5 rings (SSSR count). The fourth-order valence-corrected chi connectivity index (χ4v) is 5.68. The number of ketones is 1. The molecule has 0 unspecified atom stereocenters. The molecule has 7 heteroatoms. The van der Waals surface area contributed by atoms with Gasteiger partial charge in [0, 0.05) is 20.8 Å². The molecule has 0 atom stereocenters. The Morgan fingerprint density at radius 2 is 1.97 bits per heavy atom. The highest BCUT2D eigenvalue weighted by Gasteiger charge is 2.17. The zero-order valence-corrected chi connectivity index (χ0v) is 20.0. The van der Waals surface area contributed by atoms with E-state index in [1.807, 2.05) is 18.2 Å². The van der Waals surface area contributed by atoms with E-state index in [0.717, 1.165) is 36.2 Å². The molecule has 0 bridgehead atoms. The van der Waals surface area contributed by atoms with Crippen LogP contribution < -0.4 is 0 Å². The molecule has 0 saturated heterocycles. The standard InChI is InChI=1S/C24H17BrN2O2S2/c1-13-3-4-15(7-14(13)2)18-10-30-23-22(18)24(27-12-26-23)31-11-19(28)21-9-16-8-17(25)5-6-20(16)29-21/h3-10,12H,11H2,1-2H3. The van der Waals surface area contributed by atoms with Crippen LogP contribution >= 0.6 is 39.0 Å². The summed E-state index contributed by atoms with van der Waals surface area (Å²) in [5.41, 5.74) is 5.45. The first-order valence-corrected chi connectivity index (χ1v) is 12.3. The van der Waals surface area contributed by atoms with Crippen molar-refractivity contribution in [3.05, 3.63) is 75.5 Å². The predicted octanol–water partition coefficient (Wildman–Crippen LogP) is 7.46. The van der Waals surface area contributed by atoms with Crippen LogP contribution in [0.3, 0.4) is 0 Å². The number of thiophene rings is 1. The molecule has 31 heavy (non-hydrogen) atoms. The van der Waals surface area contributed by atoms with E-state index in [-0.39, 0.29) is 11.5 Å². The van der Waals surface area contributed by atoms with Crippen LogP contribution in [0.15, 0.2) is 68.1 Å². The first-order valence-electron chi connectivity index (χ1n) is 9.64. The number of thioether (sulfide) groups is 1. The average Bonchev–Trinajstić information content (AvgIpc) is 3.38. The number of Topliss-reactive ketones (excluding diaryl/α,β-unsaturated/α-hetero) is 1. The third-order valence-corrected chi connectivity index (χ3v) is 7.62. The van der Waals surface area contributed by atoms with Gasteiger partial charge < -0.3 is 4.42 Å². The van der Waals surface area contributed by atoms with Crippen molar-refractivity contribution in [3.8, 4) is 11.1 Å². The van der Waals surface area contributed by atoms with Crippen molar-refractivity contribution in [2.24, 2.45) is 0 Å². The molecular formula is C24H17BrN2O2S2. The molecule has 0 radical (unpaired) electrons. The second-order valence-electron chi connectivity index (χ2n) is 7.31. The predicted molar refractivity (Wildman–Crippen MR) is 131 cm³/mol. The number of carbonyl (C=O) groups excluding carboxylic acids is 1. The first kappa shape index (κ1) is 20.4. The molecule has 0 spiro atoms. The maximum Gasteiger partial charge on any atom is 0.208 e. The van der Waals surface area contributed by atoms with Gasteiger partial charge in [-0.1, -0.05) is 45.9 Å². The summed E-state index contributed by atoms with van der Waals surface area (Å²) >= 11 is 6.47. The number of furan rings is 1. The quantitative estimate of drug-likeness (QED) is 0.140. The van der Waals surface area contributed by atoms with Crippen LogP contribution in [0.2, 0.25) is 0 Å². The van der Waals surface area contributed by atoms with Crippen LogP contribution in [0.25, 0.3) is 32.3 Å². The summed E-state index contributed by atoms with van der Waals surface area (Å²) in [6.07, 6.45) is 1.56. The van der Waals surface area contributed by atoms with Gasteiger partial charge in [0.1, 0.15) is 21.8 Å². The number of rotatable bonds is 5. The van der Waals surface area contributed by atoms with Gasteiger partial charge in [-0.15, -0.1) is 11.3 Å². The Morgan fingerprint density at radius 1 is 1.10 bits per heavy atom. The van der Waals surface area contributed by atoms with Crippen molar-refractivity contribution in [2.75, 3.05) is 5.75 Å². The van der Waals surface area contributed by atoms with E-state index >= 15 is 0 Å². The molecule has 0 amide bonds. The summed E-state index contributed by atoms with van der Waals surface area (Å²) in [4.78, 5) is 22.7. The van der Waals surface area contributed by atoms with E-state index < -0.39 is 0 Å². The smallest absolute Gasteiger partial charge is 0.208 e. The zero-order chi connectivity index (χ0) is 21.5. The number of hydrogen-bond donors (Lipinski definition) is 0. The van der Waals surface area contributed by atoms with Crippen molar-refractivity contribution >= 4 is 66.0 Å². The molecule has 0 saturated carbocycles. The second-order valence-corrected chi connectivity index (χ2v) is 10.0. The Bertz CT molecular complexity index is 1460. The number of halogens is 1. The maximum atomic E-state index is 12.8. The van der Waals surface area contributed by atoms with Gasteiger partial charge in [0.05, 0.1) is 11.1 Å². The Hall–Kier alpha value is -2.48. The minimum atomic E-state index is -0.0629. The Kier molecular flexibility index (Phi) is 5.42. The maximum absolute atomic E-state index is 12.8. The Morgan fingerprint density at radius 3 is 2.81 bits per heavy atom. The van der Waals surface area contributed by atoms with E-state index in [1.165, 1.54) is 22.9 Å². The van der Waals surface area contributed by atoms with Gasteiger partial charge in [0.25, 0.3) is 0 Å². The van der Waals surface area contributed by atoms with Crippen LogP contribution in [0.4, 0.5) is 0 Å². The monoisotopic (exact) mass is 508 g/mol. The number of fused-ring (bicyclic) bond motifs is 2. The second kappa shape index (κ2) is 8.22. The molecule has 2 aromatic carbocycles. The summed E-state index contributed by atoms with van der Waals surface area (Å²) in [7, 11) is 0. The normalized spacial score (nSPS) is 11.5. The topological polar surface area (TPSA) is 56.0 Å². The van der Waals surface area contributed by atoms with Crippen molar-refractivity contribution in [1.82, 2.24) is 9.97 Å². The van der Waals surface area contributed by atoms with Gasteiger partial charge in [0.15, 0.2) is 5.76 Å². The molecule has 3 aromatic heterocycles. The van der Waals surface area contributed by atoms with Gasteiger partial charge in [0.2, 0.25) is 5.78 Å². The van der Waals surface area contributed by atoms with E-state index in [0.29, 0.717) is 11.3 Å². The van der Waals surface area contributed by atoms with Crippen molar-refractivity contribution < 1.29 is 9.21 Å². The van der Waals surface area contributed by atoms with Crippen molar-refractivity contribution in [1.29, 1.82) is 0 Å². The molecule has 4 nitrogen and oxygen atoms in total. The molecule has 5 aromatic rings. The lowest BCUT2D eigenvalue weighted by Gasteiger charge is -2.07. The number of benzene rings is 2. The van der Waals surface area contributed by atoms with E-state index in [1.54, 1.807) is 23.7 Å². The lowest BCUT2D eigenvalue weighted by molar-refractivity contribution is 0.0994. The minimum Gasteiger partial charge on any atom is -0.453 e. The number of hydrogen-bond acceptors (Lipinski definition) is 6. The molecule has 0 aliphatic rings. The highest BCUT2D eigenvalue weighted by Crippen LogP contribution is 2.38. The first-order chi connectivity index (χ1) is 15.0. The number of nitrogens with zero attached hydrogens (tertiary/aromatic N) is 2. The summed E-state index contributed by atoms with van der Waals surface area (Å²) in [5.74, 6) is 0.549. The van der Waals surface area contributed by atoms with Gasteiger partial charge in [-0.05, 0) is 54.8 Å². The minimum absolute atomic E-state index is 0.0629. The van der Waals surface area contributed by atoms with E-state index in [4.69, 9.17) is 4.42 Å². The van der Waals surface area contributed by atoms with Crippen LogP contribution in [-0.2, 0) is 0 Å². The molecular weight excluding hydrogens is 492 g/mol. The summed E-state index contributed by atoms with van der Waals surface area (Å²) in [5, 5.41) is 4.84. The third kappa shape index (κ3) is 3.93. The van der Waals surface area contributed by atoms with Crippen molar-refractivity contribution in [3.63, 3.8) is 0 Å². The average molecular weight is 509 g/mol. The van der Waals surface area contributed by atoms with Crippen LogP contribution in [0.5, 0.6) is 0 Å². The number of aryl methyl sites for hydroxylation is 2. The lowest BCUT2D eigenvalue weighted by atomic mass is 10.0. The fraction of sp³-hybridized carbons (Fsp3) is 0.125. The third-order valence-electron chi connectivity index (χ3n) is 5.25. The van der Waals surface area contributed by atoms with Gasteiger partial charge in [-0.3, -0.25) is 4.79 Å². The SMILES string of the molecule is Cc1ccc(-c2csc3ncnc(SCC(=O)c4cc5cc(Br)ccc5o4)c23)cc1C. The lowest BCUT2D eigenvalue weighted by Crippen LogP contribution is -2.01. The number of aromatic nitrogens is 2. The van der Waals surface area contributed by atoms with Crippen LogP contribution in [-0.4, -0.2) is 21.5 Å². The summed E-state index contributed by atoms with van der Waals surface area (Å²) in [6, 6.07) is 13.9. The molecule has 0 N–H and O–H groups in total. The molecule has 3 heterocycles. The molecule has 154 valence electrons. The largest absolute Gasteiger partial charge is 0.453 e. The highest BCUT2D eigenvalue weighted by molar-refractivity contribution is 9.10. The molecule has 0 fully saturated rings. The van der Waals surface area contributed by atoms with Gasteiger partial charge in [-0.25, -0.2) is 9.97 Å². The summed E-state index contributed by atoms with van der Waals surface area (Å²) < 4.78 is 6.70. The van der Waals surface area contributed by atoms with Crippen LogP contribution in [0, 0.1) is 13.8 Å². The van der Waals surface area contributed by atoms with Gasteiger partial charge >= 0.3 is 0 Å². The van der Waals surface area contributed by atoms with E-state index in [2.05, 4.69) is 63.3 Å². The van der Waals surface area contributed by atoms with Gasteiger partial charge in [-0.2, -0.15) is 0 Å². The van der Waals surface area contributed by atoms with E-state index in [9.17, 15) is 4.79 Å². The van der Waals surface area contributed by atoms with Crippen LogP contribution in [0.1, 0.15) is 21.7 Å².